The number of hydrogen-bond acceptors (Lipinski definition) is 6. The van der Waals surface area contributed by atoms with Crippen LogP contribution in [0.2, 0.25) is 0 Å². The fraction of sp³-hybridized carbons (Fsp3) is 0.769. The summed E-state index contributed by atoms with van der Waals surface area (Å²) in [6, 6.07) is 0. The van der Waals surface area contributed by atoms with Crippen molar-refractivity contribution < 1.29 is 29.9 Å². The van der Waals surface area contributed by atoms with Crippen molar-refractivity contribution in [3.63, 3.8) is 0 Å². The summed E-state index contributed by atoms with van der Waals surface area (Å²) < 4.78 is 10.2. The lowest BCUT2D eigenvalue weighted by atomic mass is 10.0. The molecular formula is C13H22O6. The molecule has 0 spiro atoms. The van der Waals surface area contributed by atoms with Gasteiger partial charge in [-0.1, -0.05) is 6.08 Å². The van der Waals surface area contributed by atoms with Gasteiger partial charge < -0.3 is 29.9 Å². The van der Waals surface area contributed by atoms with E-state index in [4.69, 9.17) is 16.4 Å². The standard InChI is InChI=1S/C13H22O6/c1-3-4-18-7-10(15)5-9(14)6-11-13(17)12(16)8(2)19-11/h2-3,8-17H,1,4-7H2/t8-,9+,10-,11+,12?,13-/m0/s1. The molecule has 19 heavy (non-hydrogen) atoms. The van der Waals surface area contributed by atoms with Gasteiger partial charge in [0.15, 0.2) is 0 Å². The molecule has 1 heterocycles. The highest BCUT2D eigenvalue weighted by Gasteiger charge is 2.41. The molecule has 1 rings (SSSR count). The molecule has 6 atom stereocenters. The fourth-order valence-electron chi connectivity index (χ4n) is 2.01. The predicted molar refractivity (Wildman–Crippen MR) is 67.2 cm³/mol. The van der Waals surface area contributed by atoms with Gasteiger partial charge in [-0.2, -0.15) is 0 Å². The summed E-state index contributed by atoms with van der Waals surface area (Å²) in [4.78, 5) is 0. The van der Waals surface area contributed by atoms with Crippen LogP contribution in [0.15, 0.2) is 12.7 Å². The van der Waals surface area contributed by atoms with Gasteiger partial charge in [0.1, 0.15) is 12.2 Å². The second-order valence-electron chi connectivity index (χ2n) is 4.73. The second-order valence-corrected chi connectivity index (χ2v) is 4.73. The molecule has 0 aromatic heterocycles. The van der Waals surface area contributed by atoms with Crippen molar-refractivity contribution in [2.45, 2.75) is 49.5 Å². The molecular weight excluding hydrogens is 252 g/mol. The van der Waals surface area contributed by atoms with Crippen LogP contribution in [0, 0.1) is 6.92 Å². The Morgan fingerprint density at radius 1 is 1.26 bits per heavy atom. The Labute approximate surface area is 113 Å². The first-order chi connectivity index (χ1) is 8.95. The van der Waals surface area contributed by atoms with Gasteiger partial charge in [-0.05, 0) is 6.92 Å². The zero-order chi connectivity index (χ0) is 14.4. The third-order valence-electron chi connectivity index (χ3n) is 2.99. The Morgan fingerprint density at radius 2 is 1.95 bits per heavy atom. The number of ether oxygens (including phenoxy) is 2. The Hall–Kier alpha value is -0.500. The number of hydrogen-bond donors (Lipinski definition) is 4. The maximum absolute atomic E-state index is 9.78. The first-order valence-corrected chi connectivity index (χ1v) is 6.27. The van der Waals surface area contributed by atoms with Gasteiger partial charge in [-0.25, -0.2) is 0 Å². The predicted octanol–water partition coefficient (Wildman–Crippen LogP) is -1.11. The average molecular weight is 274 g/mol. The highest BCUT2D eigenvalue weighted by atomic mass is 16.5. The van der Waals surface area contributed by atoms with E-state index in [1.807, 2.05) is 0 Å². The van der Waals surface area contributed by atoms with Crippen LogP contribution >= 0.6 is 0 Å². The van der Waals surface area contributed by atoms with Gasteiger partial charge >= 0.3 is 0 Å². The average Bonchev–Trinajstić information content (AvgIpc) is 2.57. The minimum absolute atomic E-state index is 0.0877. The fourth-order valence-corrected chi connectivity index (χ4v) is 2.01. The van der Waals surface area contributed by atoms with E-state index in [1.165, 1.54) is 0 Å². The molecule has 1 unspecified atom stereocenters. The van der Waals surface area contributed by atoms with E-state index < -0.39 is 36.6 Å². The van der Waals surface area contributed by atoms with Crippen LogP contribution in [0.3, 0.4) is 0 Å². The third kappa shape index (κ3) is 5.18. The van der Waals surface area contributed by atoms with E-state index in [9.17, 15) is 20.4 Å². The lowest BCUT2D eigenvalue weighted by Gasteiger charge is -2.20. The summed E-state index contributed by atoms with van der Waals surface area (Å²) in [6.07, 6.45) is -3.91. The zero-order valence-electron chi connectivity index (χ0n) is 10.8. The van der Waals surface area contributed by atoms with Crippen molar-refractivity contribution >= 4 is 0 Å². The Kier molecular flexibility index (Phi) is 6.92. The number of rotatable bonds is 8. The topological polar surface area (TPSA) is 99.4 Å². The van der Waals surface area contributed by atoms with Crippen LogP contribution < -0.4 is 0 Å². The molecule has 0 amide bonds. The van der Waals surface area contributed by atoms with Gasteiger partial charge in [0.25, 0.3) is 0 Å². The van der Waals surface area contributed by atoms with Gasteiger partial charge in [0, 0.05) is 12.8 Å². The molecule has 6 heteroatoms. The van der Waals surface area contributed by atoms with Gasteiger partial charge in [-0.3, -0.25) is 0 Å². The summed E-state index contributed by atoms with van der Waals surface area (Å²) >= 11 is 0. The highest BCUT2D eigenvalue weighted by molar-refractivity contribution is 4.92. The minimum Gasteiger partial charge on any atom is -0.393 e. The van der Waals surface area contributed by atoms with Crippen molar-refractivity contribution in [3.05, 3.63) is 19.6 Å². The molecule has 110 valence electrons. The molecule has 4 N–H and O–H groups in total. The van der Waals surface area contributed by atoms with Crippen LogP contribution in [0.5, 0.6) is 0 Å². The molecule has 1 fully saturated rings. The van der Waals surface area contributed by atoms with Gasteiger partial charge in [0.2, 0.25) is 0 Å². The van der Waals surface area contributed by atoms with E-state index in [0.717, 1.165) is 0 Å². The summed E-state index contributed by atoms with van der Waals surface area (Å²) in [5.41, 5.74) is 0. The van der Waals surface area contributed by atoms with Gasteiger partial charge in [0.05, 0.1) is 37.6 Å². The largest absolute Gasteiger partial charge is 0.393 e. The van der Waals surface area contributed by atoms with Gasteiger partial charge in [-0.15, -0.1) is 6.58 Å². The van der Waals surface area contributed by atoms with Crippen LogP contribution in [0.25, 0.3) is 0 Å². The van der Waals surface area contributed by atoms with E-state index in [0.29, 0.717) is 6.61 Å². The van der Waals surface area contributed by atoms with E-state index in [1.54, 1.807) is 6.08 Å². The van der Waals surface area contributed by atoms with Crippen LogP contribution in [0.4, 0.5) is 0 Å². The molecule has 2 radical (unpaired) electrons. The second kappa shape index (κ2) is 7.94. The van der Waals surface area contributed by atoms with E-state index in [-0.39, 0.29) is 19.4 Å². The normalized spacial score (nSPS) is 34.2. The number of aliphatic hydroxyl groups excluding tert-OH is 4. The maximum Gasteiger partial charge on any atom is 0.109 e. The van der Waals surface area contributed by atoms with Crippen LogP contribution in [-0.2, 0) is 9.47 Å². The lowest BCUT2D eigenvalue weighted by molar-refractivity contribution is -0.0309. The Morgan fingerprint density at radius 3 is 2.47 bits per heavy atom. The molecule has 0 aromatic rings. The molecule has 1 aliphatic rings. The Balaban J connectivity index is 2.27. The Bertz CT molecular complexity index is 272. The van der Waals surface area contributed by atoms with Crippen molar-refractivity contribution in [2.75, 3.05) is 13.2 Å². The van der Waals surface area contributed by atoms with Crippen molar-refractivity contribution in [1.82, 2.24) is 0 Å². The molecule has 0 bridgehead atoms. The molecule has 6 nitrogen and oxygen atoms in total. The first kappa shape index (κ1) is 16.6. The smallest absolute Gasteiger partial charge is 0.109 e. The molecule has 0 saturated carbocycles. The highest BCUT2D eigenvalue weighted by Crippen LogP contribution is 2.24. The van der Waals surface area contributed by atoms with Crippen LogP contribution in [-0.4, -0.2) is 70.3 Å². The summed E-state index contributed by atoms with van der Waals surface area (Å²) in [7, 11) is 0. The SMILES string of the molecule is [CH][C@@H]1O[C@H](C[C@H](O)C[C@H](O)COCC=C)[C@H](O)C1O. The summed E-state index contributed by atoms with van der Waals surface area (Å²) in [5.74, 6) is 0. The summed E-state index contributed by atoms with van der Waals surface area (Å²) in [5, 5.41) is 38.4. The quantitative estimate of drug-likeness (QED) is 0.331. The zero-order valence-corrected chi connectivity index (χ0v) is 10.8. The minimum atomic E-state index is -1.15. The van der Waals surface area contributed by atoms with E-state index in [2.05, 4.69) is 6.58 Å². The third-order valence-corrected chi connectivity index (χ3v) is 2.99. The molecule has 0 aromatic carbocycles. The first-order valence-electron chi connectivity index (χ1n) is 6.27. The maximum atomic E-state index is 9.78. The number of aliphatic hydroxyl groups is 4. The van der Waals surface area contributed by atoms with E-state index >= 15 is 0 Å². The molecule has 1 saturated heterocycles. The molecule has 0 aliphatic carbocycles. The lowest BCUT2D eigenvalue weighted by Crippen LogP contribution is -2.34. The summed E-state index contributed by atoms with van der Waals surface area (Å²) in [6.45, 7) is 9.33. The van der Waals surface area contributed by atoms with Crippen molar-refractivity contribution in [1.29, 1.82) is 0 Å². The molecule has 1 aliphatic heterocycles. The monoisotopic (exact) mass is 274 g/mol. The van der Waals surface area contributed by atoms with Crippen LogP contribution in [0.1, 0.15) is 12.8 Å². The van der Waals surface area contributed by atoms with Crippen molar-refractivity contribution in [3.8, 4) is 0 Å². The van der Waals surface area contributed by atoms with Crippen molar-refractivity contribution in [2.24, 2.45) is 0 Å².